The van der Waals surface area contributed by atoms with E-state index in [2.05, 4.69) is 29.4 Å². The molecule has 0 aliphatic heterocycles. The lowest BCUT2D eigenvalue weighted by Crippen LogP contribution is -2.37. The van der Waals surface area contributed by atoms with Gasteiger partial charge in [-0.25, -0.2) is 4.68 Å². The molecule has 0 saturated heterocycles. The first-order chi connectivity index (χ1) is 7.84. The molecule has 0 amide bonds. The summed E-state index contributed by atoms with van der Waals surface area (Å²) >= 11 is 0. The van der Waals surface area contributed by atoms with Crippen molar-refractivity contribution >= 4 is 0 Å². The van der Waals surface area contributed by atoms with E-state index in [0.717, 1.165) is 12.1 Å². The van der Waals surface area contributed by atoms with Crippen LogP contribution >= 0.6 is 0 Å². The van der Waals surface area contributed by atoms with E-state index in [0.29, 0.717) is 12.0 Å². The van der Waals surface area contributed by atoms with Crippen molar-refractivity contribution in [2.24, 2.45) is 5.73 Å². The van der Waals surface area contributed by atoms with Gasteiger partial charge in [-0.15, -0.1) is 0 Å². The Balaban J connectivity index is 1.85. The van der Waals surface area contributed by atoms with Crippen LogP contribution in [0.3, 0.4) is 0 Å². The molecule has 1 aliphatic rings. The van der Waals surface area contributed by atoms with Gasteiger partial charge in [0, 0.05) is 18.4 Å². The summed E-state index contributed by atoms with van der Waals surface area (Å²) in [4.78, 5) is 0. The molecular formula is C13H15N3. The number of nitrogens with two attached hydrogens (primary N) is 1. The second kappa shape index (κ2) is 3.76. The first-order valence-electron chi connectivity index (χ1n) is 5.70. The zero-order valence-corrected chi connectivity index (χ0v) is 9.08. The molecule has 2 N–H and O–H groups in total. The van der Waals surface area contributed by atoms with Crippen LogP contribution in [0.4, 0.5) is 0 Å². The smallest absolute Gasteiger partial charge is 0.0645 e. The van der Waals surface area contributed by atoms with Gasteiger partial charge < -0.3 is 5.73 Å². The molecule has 2 unspecified atom stereocenters. The quantitative estimate of drug-likeness (QED) is 0.830. The number of hydrogen-bond donors (Lipinski definition) is 1. The van der Waals surface area contributed by atoms with E-state index in [9.17, 15) is 0 Å². The van der Waals surface area contributed by atoms with Gasteiger partial charge in [-0.3, -0.25) is 0 Å². The number of aromatic nitrogens is 2. The van der Waals surface area contributed by atoms with Crippen molar-refractivity contribution in [1.82, 2.24) is 9.78 Å². The molecule has 0 spiro atoms. The molecule has 1 fully saturated rings. The van der Waals surface area contributed by atoms with Crippen LogP contribution in [0.15, 0.2) is 42.7 Å². The molecular weight excluding hydrogens is 198 g/mol. The predicted octanol–water partition coefficient (Wildman–Crippen LogP) is 2.08. The van der Waals surface area contributed by atoms with Crippen LogP contribution in [0.5, 0.6) is 0 Å². The van der Waals surface area contributed by atoms with E-state index in [1.54, 1.807) is 6.20 Å². The SMILES string of the molecule is NC1CCC1c1ccc(-n2cccn2)cc1. The third-order valence-corrected chi connectivity index (χ3v) is 3.42. The molecule has 1 heterocycles. The summed E-state index contributed by atoms with van der Waals surface area (Å²) in [5.74, 6) is 0.562. The zero-order valence-electron chi connectivity index (χ0n) is 9.08. The topological polar surface area (TPSA) is 43.8 Å². The van der Waals surface area contributed by atoms with Gasteiger partial charge in [-0.05, 0) is 42.5 Å². The minimum atomic E-state index is 0.357. The fourth-order valence-electron chi connectivity index (χ4n) is 2.24. The third kappa shape index (κ3) is 1.53. The van der Waals surface area contributed by atoms with Gasteiger partial charge in [-0.2, -0.15) is 5.10 Å². The lowest BCUT2D eigenvalue weighted by Gasteiger charge is -2.34. The zero-order chi connectivity index (χ0) is 11.0. The number of benzene rings is 1. The van der Waals surface area contributed by atoms with Crippen LogP contribution in [-0.4, -0.2) is 15.8 Å². The molecule has 0 bridgehead atoms. The van der Waals surface area contributed by atoms with Crippen molar-refractivity contribution in [1.29, 1.82) is 0 Å². The fraction of sp³-hybridized carbons (Fsp3) is 0.308. The van der Waals surface area contributed by atoms with Gasteiger partial charge in [0.25, 0.3) is 0 Å². The maximum absolute atomic E-state index is 5.97. The van der Waals surface area contributed by atoms with E-state index in [1.165, 1.54) is 12.0 Å². The lowest BCUT2D eigenvalue weighted by molar-refractivity contribution is 0.346. The molecule has 1 aromatic heterocycles. The molecule has 2 aromatic rings. The van der Waals surface area contributed by atoms with E-state index in [1.807, 2.05) is 16.9 Å². The van der Waals surface area contributed by atoms with Crippen molar-refractivity contribution in [3.8, 4) is 5.69 Å². The number of hydrogen-bond acceptors (Lipinski definition) is 2. The monoisotopic (exact) mass is 213 g/mol. The lowest BCUT2D eigenvalue weighted by atomic mass is 9.76. The Kier molecular flexibility index (Phi) is 2.26. The Labute approximate surface area is 94.9 Å². The van der Waals surface area contributed by atoms with Crippen molar-refractivity contribution in [2.45, 2.75) is 24.8 Å². The highest BCUT2D eigenvalue weighted by Gasteiger charge is 2.28. The van der Waals surface area contributed by atoms with Gasteiger partial charge in [0.15, 0.2) is 0 Å². The van der Waals surface area contributed by atoms with E-state index in [4.69, 9.17) is 5.73 Å². The average molecular weight is 213 g/mol. The first-order valence-corrected chi connectivity index (χ1v) is 5.70. The highest BCUT2D eigenvalue weighted by atomic mass is 15.3. The Morgan fingerprint density at radius 2 is 2.00 bits per heavy atom. The normalized spacial score (nSPS) is 24.1. The van der Waals surface area contributed by atoms with Crippen molar-refractivity contribution in [2.75, 3.05) is 0 Å². The summed E-state index contributed by atoms with van der Waals surface area (Å²) in [5, 5.41) is 4.20. The Morgan fingerprint density at radius 1 is 1.19 bits per heavy atom. The molecule has 82 valence electrons. The summed E-state index contributed by atoms with van der Waals surface area (Å²) in [5.41, 5.74) is 8.42. The maximum Gasteiger partial charge on any atom is 0.0645 e. The summed E-state index contributed by atoms with van der Waals surface area (Å²) in [6.45, 7) is 0. The van der Waals surface area contributed by atoms with E-state index >= 15 is 0 Å². The predicted molar refractivity (Wildman–Crippen MR) is 63.5 cm³/mol. The number of rotatable bonds is 2. The van der Waals surface area contributed by atoms with Gasteiger partial charge >= 0.3 is 0 Å². The highest BCUT2D eigenvalue weighted by molar-refractivity contribution is 5.36. The Hall–Kier alpha value is -1.61. The van der Waals surface area contributed by atoms with Crippen molar-refractivity contribution in [3.05, 3.63) is 48.3 Å². The maximum atomic E-state index is 5.97. The highest BCUT2D eigenvalue weighted by Crippen LogP contribution is 2.35. The Bertz CT molecular complexity index is 458. The van der Waals surface area contributed by atoms with Crippen LogP contribution in [0.1, 0.15) is 24.3 Å². The second-order valence-electron chi connectivity index (χ2n) is 4.39. The van der Waals surface area contributed by atoms with Crippen LogP contribution in [0.2, 0.25) is 0 Å². The van der Waals surface area contributed by atoms with Gasteiger partial charge in [0.05, 0.1) is 5.69 Å². The third-order valence-electron chi connectivity index (χ3n) is 3.42. The minimum Gasteiger partial charge on any atom is -0.327 e. The molecule has 3 rings (SSSR count). The Morgan fingerprint density at radius 3 is 2.50 bits per heavy atom. The molecule has 1 saturated carbocycles. The largest absolute Gasteiger partial charge is 0.327 e. The van der Waals surface area contributed by atoms with Crippen molar-refractivity contribution < 1.29 is 0 Å². The average Bonchev–Trinajstić information content (AvgIpc) is 2.82. The van der Waals surface area contributed by atoms with Crippen LogP contribution < -0.4 is 5.73 Å². The van der Waals surface area contributed by atoms with Gasteiger partial charge in [0.2, 0.25) is 0 Å². The molecule has 0 radical (unpaired) electrons. The van der Waals surface area contributed by atoms with Crippen LogP contribution in [0, 0.1) is 0 Å². The molecule has 16 heavy (non-hydrogen) atoms. The first kappa shape index (κ1) is 9.60. The van der Waals surface area contributed by atoms with E-state index < -0.39 is 0 Å². The van der Waals surface area contributed by atoms with Gasteiger partial charge in [-0.1, -0.05) is 12.1 Å². The van der Waals surface area contributed by atoms with Crippen LogP contribution in [0.25, 0.3) is 5.69 Å². The molecule has 3 nitrogen and oxygen atoms in total. The van der Waals surface area contributed by atoms with E-state index in [-0.39, 0.29) is 0 Å². The molecule has 1 aliphatic carbocycles. The second-order valence-corrected chi connectivity index (χ2v) is 4.39. The van der Waals surface area contributed by atoms with Crippen molar-refractivity contribution in [3.63, 3.8) is 0 Å². The summed E-state index contributed by atoms with van der Waals surface area (Å²) in [7, 11) is 0. The summed E-state index contributed by atoms with van der Waals surface area (Å²) in [6.07, 6.45) is 6.12. The van der Waals surface area contributed by atoms with Crippen LogP contribution in [-0.2, 0) is 0 Å². The summed E-state index contributed by atoms with van der Waals surface area (Å²) < 4.78 is 1.87. The fourth-order valence-corrected chi connectivity index (χ4v) is 2.24. The molecule has 3 heteroatoms. The molecule has 1 aromatic carbocycles. The number of nitrogens with zero attached hydrogens (tertiary/aromatic N) is 2. The molecule has 2 atom stereocenters. The minimum absolute atomic E-state index is 0.357. The standard InChI is InChI=1S/C13H15N3/c14-13-7-6-12(13)10-2-4-11(5-3-10)16-9-1-8-15-16/h1-5,8-9,12-13H,6-7,14H2. The summed E-state index contributed by atoms with van der Waals surface area (Å²) in [6, 6.07) is 10.8. The van der Waals surface area contributed by atoms with Gasteiger partial charge in [0.1, 0.15) is 0 Å².